The van der Waals surface area contributed by atoms with E-state index in [1.54, 1.807) is 11.1 Å². The molecule has 0 aliphatic carbocycles. The molecule has 0 unspecified atom stereocenters. The molecule has 3 rings (SSSR count). The summed E-state index contributed by atoms with van der Waals surface area (Å²) in [5, 5.41) is 7.65. The van der Waals surface area contributed by atoms with Gasteiger partial charge in [-0.3, -0.25) is 5.10 Å². The number of nitrogens with zero attached hydrogens (tertiary/aromatic N) is 5. The molecule has 0 aromatic carbocycles. The second-order valence-electron chi connectivity index (χ2n) is 7.01. The third kappa shape index (κ3) is 3.19. The van der Waals surface area contributed by atoms with Gasteiger partial charge in [-0.15, -0.1) is 0 Å². The number of ether oxygens (including phenoxy) is 1. The molecule has 2 aromatic heterocycles. The van der Waals surface area contributed by atoms with Crippen molar-refractivity contribution in [2.75, 3.05) is 30.3 Å². The van der Waals surface area contributed by atoms with Crippen LogP contribution in [0.2, 0.25) is 0 Å². The maximum Gasteiger partial charge on any atom is 0.410 e. The fourth-order valence-corrected chi connectivity index (χ4v) is 2.82. The Hall–Kier alpha value is -2.58. The van der Waals surface area contributed by atoms with Gasteiger partial charge < -0.3 is 20.3 Å². The minimum Gasteiger partial charge on any atom is -0.444 e. The maximum atomic E-state index is 12.3. The number of hydrogen-bond acceptors (Lipinski definition) is 7. The van der Waals surface area contributed by atoms with E-state index in [4.69, 9.17) is 10.5 Å². The van der Waals surface area contributed by atoms with E-state index in [0.717, 1.165) is 11.2 Å². The van der Waals surface area contributed by atoms with Crippen molar-refractivity contribution in [2.45, 2.75) is 39.3 Å². The molecule has 0 bridgehead atoms. The van der Waals surface area contributed by atoms with Gasteiger partial charge in [0.15, 0.2) is 5.65 Å². The second-order valence-corrected chi connectivity index (χ2v) is 7.01. The molecular weight excluding hydrogens is 310 g/mol. The number of H-pyrrole nitrogens is 1. The van der Waals surface area contributed by atoms with Crippen molar-refractivity contribution in [1.82, 2.24) is 25.1 Å². The van der Waals surface area contributed by atoms with Crippen LogP contribution in [0.1, 0.15) is 27.7 Å². The molecule has 1 aliphatic heterocycles. The van der Waals surface area contributed by atoms with Crippen LogP contribution < -0.4 is 10.6 Å². The molecule has 2 aromatic rings. The molecule has 24 heavy (non-hydrogen) atoms. The van der Waals surface area contributed by atoms with E-state index in [0.29, 0.717) is 25.3 Å². The Morgan fingerprint density at radius 2 is 2.12 bits per heavy atom. The Bertz CT molecular complexity index is 752. The van der Waals surface area contributed by atoms with Crippen molar-refractivity contribution in [2.24, 2.45) is 0 Å². The van der Waals surface area contributed by atoms with Gasteiger partial charge in [0.2, 0.25) is 5.95 Å². The van der Waals surface area contributed by atoms with Crippen LogP contribution in [0.3, 0.4) is 0 Å². The number of aromatic amines is 1. The molecule has 1 amide bonds. The molecular formula is C15H23N7O2. The van der Waals surface area contributed by atoms with E-state index in [1.165, 1.54) is 0 Å². The number of piperazine rings is 1. The Kier molecular flexibility index (Phi) is 3.94. The summed E-state index contributed by atoms with van der Waals surface area (Å²) in [7, 11) is 0. The topological polar surface area (TPSA) is 113 Å². The van der Waals surface area contributed by atoms with Gasteiger partial charge >= 0.3 is 6.09 Å². The highest BCUT2D eigenvalue weighted by Crippen LogP contribution is 2.27. The molecule has 1 aliphatic rings. The molecule has 3 N–H and O–H groups in total. The number of aromatic nitrogens is 4. The number of fused-ring (bicyclic) bond motifs is 1. The molecule has 0 saturated carbocycles. The van der Waals surface area contributed by atoms with E-state index < -0.39 is 5.60 Å². The van der Waals surface area contributed by atoms with E-state index in [2.05, 4.69) is 25.1 Å². The number of amides is 1. The van der Waals surface area contributed by atoms with Gasteiger partial charge in [-0.25, -0.2) is 4.79 Å². The highest BCUT2D eigenvalue weighted by atomic mass is 16.6. The van der Waals surface area contributed by atoms with Gasteiger partial charge in [-0.05, 0) is 27.7 Å². The third-order valence-electron chi connectivity index (χ3n) is 3.86. The van der Waals surface area contributed by atoms with Gasteiger partial charge in [0.05, 0.1) is 11.6 Å². The van der Waals surface area contributed by atoms with Gasteiger partial charge in [-0.2, -0.15) is 15.1 Å². The van der Waals surface area contributed by atoms with Crippen molar-refractivity contribution in [3.8, 4) is 0 Å². The molecule has 9 heteroatoms. The van der Waals surface area contributed by atoms with Crippen LogP contribution in [0.15, 0.2) is 6.20 Å². The lowest BCUT2D eigenvalue weighted by Gasteiger charge is -2.40. The number of nitrogens with two attached hydrogens (primary N) is 1. The van der Waals surface area contributed by atoms with E-state index >= 15 is 0 Å². The summed E-state index contributed by atoms with van der Waals surface area (Å²) in [5.74, 6) is 0.936. The number of nitrogens with one attached hydrogen (secondary N) is 1. The lowest BCUT2D eigenvalue weighted by molar-refractivity contribution is 0.0218. The zero-order valence-corrected chi connectivity index (χ0v) is 14.4. The lowest BCUT2D eigenvalue weighted by Crippen LogP contribution is -2.54. The smallest absolute Gasteiger partial charge is 0.410 e. The van der Waals surface area contributed by atoms with Gasteiger partial charge in [0.1, 0.15) is 11.4 Å². The standard InChI is InChI=1S/C15H23N7O2/c1-9-8-21(14(23)24-15(2,3)4)5-6-22(9)12-10-7-17-20-11(10)18-13(16)19-12/h7,9H,5-6,8H2,1-4H3,(H3,16,17,18,19,20)/t9-/m0/s1. The Balaban J connectivity index is 1.78. The minimum atomic E-state index is -0.498. The zero-order valence-electron chi connectivity index (χ0n) is 14.4. The quantitative estimate of drug-likeness (QED) is 0.810. The van der Waals surface area contributed by atoms with Crippen LogP contribution in [-0.4, -0.2) is 62.4 Å². The predicted octanol–water partition coefficient (Wildman–Crippen LogP) is 1.38. The molecule has 0 radical (unpaired) electrons. The lowest BCUT2D eigenvalue weighted by atomic mass is 10.1. The molecule has 1 fully saturated rings. The number of nitrogen functional groups attached to an aromatic ring is 1. The number of carbonyl (C=O) groups excluding carboxylic acids is 1. The normalized spacial score (nSPS) is 18.9. The maximum absolute atomic E-state index is 12.3. The summed E-state index contributed by atoms with van der Waals surface area (Å²) >= 11 is 0. The Labute approximate surface area is 140 Å². The predicted molar refractivity (Wildman–Crippen MR) is 90.7 cm³/mol. The Morgan fingerprint density at radius 1 is 1.38 bits per heavy atom. The summed E-state index contributed by atoms with van der Waals surface area (Å²) in [5.41, 5.74) is 5.91. The second kappa shape index (κ2) is 5.81. The molecule has 3 heterocycles. The summed E-state index contributed by atoms with van der Waals surface area (Å²) in [6, 6.07) is 0.0682. The number of anilines is 2. The zero-order chi connectivity index (χ0) is 17.5. The summed E-state index contributed by atoms with van der Waals surface area (Å²) < 4.78 is 5.45. The monoisotopic (exact) mass is 333 g/mol. The van der Waals surface area contributed by atoms with E-state index in [1.807, 2.05) is 27.7 Å². The average Bonchev–Trinajstić information content (AvgIpc) is 2.92. The fourth-order valence-electron chi connectivity index (χ4n) is 2.82. The van der Waals surface area contributed by atoms with Crippen LogP contribution in [-0.2, 0) is 4.74 Å². The van der Waals surface area contributed by atoms with Gasteiger partial charge in [0.25, 0.3) is 0 Å². The number of hydrogen-bond donors (Lipinski definition) is 2. The Morgan fingerprint density at radius 3 is 2.79 bits per heavy atom. The van der Waals surface area contributed by atoms with E-state index in [9.17, 15) is 4.79 Å². The van der Waals surface area contributed by atoms with Crippen molar-refractivity contribution >= 4 is 28.9 Å². The number of rotatable bonds is 1. The van der Waals surface area contributed by atoms with Crippen molar-refractivity contribution < 1.29 is 9.53 Å². The van der Waals surface area contributed by atoms with Crippen LogP contribution >= 0.6 is 0 Å². The van der Waals surface area contributed by atoms with Crippen molar-refractivity contribution in [3.63, 3.8) is 0 Å². The van der Waals surface area contributed by atoms with Gasteiger partial charge in [0, 0.05) is 25.7 Å². The first-order valence-electron chi connectivity index (χ1n) is 7.96. The SMILES string of the molecule is C[C@H]1CN(C(=O)OC(C)(C)C)CCN1c1nc(N)nc2[nH]ncc12. The fraction of sp³-hybridized carbons (Fsp3) is 0.600. The number of carbonyl (C=O) groups is 1. The molecule has 9 nitrogen and oxygen atoms in total. The molecule has 1 saturated heterocycles. The van der Waals surface area contributed by atoms with Crippen molar-refractivity contribution in [3.05, 3.63) is 6.20 Å². The van der Waals surface area contributed by atoms with Crippen LogP contribution in [0, 0.1) is 0 Å². The van der Waals surface area contributed by atoms with Gasteiger partial charge in [-0.1, -0.05) is 0 Å². The van der Waals surface area contributed by atoms with E-state index in [-0.39, 0.29) is 18.1 Å². The third-order valence-corrected chi connectivity index (χ3v) is 3.86. The highest BCUT2D eigenvalue weighted by Gasteiger charge is 2.31. The first-order valence-corrected chi connectivity index (χ1v) is 7.96. The summed E-state index contributed by atoms with van der Waals surface area (Å²) in [4.78, 5) is 24.6. The molecule has 1 atom stereocenters. The molecule has 130 valence electrons. The average molecular weight is 333 g/mol. The van der Waals surface area contributed by atoms with Crippen LogP contribution in [0.5, 0.6) is 0 Å². The highest BCUT2D eigenvalue weighted by molar-refractivity contribution is 5.87. The van der Waals surface area contributed by atoms with Crippen LogP contribution in [0.4, 0.5) is 16.6 Å². The first-order chi connectivity index (χ1) is 11.2. The van der Waals surface area contributed by atoms with Crippen molar-refractivity contribution in [1.29, 1.82) is 0 Å². The first kappa shape index (κ1) is 16.3. The molecule has 0 spiro atoms. The summed E-state index contributed by atoms with van der Waals surface area (Å²) in [6.45, 7) is 9.39. The largest absolute Gasteiger partial charge is 0.444 e. The minimum absolute atomic E-state index is 0.0682. The van der Waals surface area contributed by atoms with Crippen LogP contribution in [0.25, 0.3) is 11.0 Å². The summed E-state index contributed by atoms with van der Waals surface area (Å²) in [6.07, 6.45) is 1.40.